The molecule has 0 radical (unpaired) electrons. The largest absolute Gasteiger partial charge is 0.361 e. The third-order valence-electron chi connectivity index (χ3n) is 8.45. The van der Waals surface area contributed by atoms with Gasteiger partial charge in [-0.05, 0) is 81.5 Å². The smallest absolute Gasteiger partial charge is 0.248 e. The third kappa shape index (κ3) is 7.30. The van der Waals surface area contributed by atoms with Gasteiger partial charge in [-0.1, -0.05) is 25.7 Å². The van der Waals surface area contributed by atoms with Gasteiger partial charge in [-0.2, -0.15) is 0 Å². The quantitative estimate of drug-likeness (QED) is 0.227. The Morgan fingerprint density at radius 2 is 1.84 bits per heavy atom. The van der Waals surface area contributed by atoms with E-state index in [4.69, 9.17) is 20.6 Å². The standard InChI is InChI=1S/C28H46F2N4O2SSi/c1-27(2,37(32)35)17-22(19-10-12-28(29,30)13-11-19)26-33-23-16-21(25(31)20-6-7-20)8-9-24(23)34(26)18-36-14-15-38(3,4)5/h8-9,16,19-20,22,25H,6-7,10-15,17-18,31-32H2,1-5H3/t22-,25+,37?/m0/s1. The van der Waals surface area contributed by atoms with Crippen LogP contribution >= 0.6 is 0 Å². The number of ether oxygens (including phenoxy) is 1. The van der Waals surface area contributed by atoms with E-state index in [0.29, 0.717) is 38.5 Å². The van der Waals surface area contributed by atoms with E-state index in [1.54, 1.807) is 0 Å². The summed E-state index contributed by atoms with van der Waals surface area (Å²) in [4.78, 5) is 5.13. The van der Waals surface area contributed by atoms with Gasteiger partial charge in [0, 0.05) is 39.5 Å². The highest BCUT2D eigenvalue weighted by molar-refractivity contribution is 7.84. The molecule has 0 bridgehead atoms. The van der Waals surface area contributed by atoms with Crippen LogP contribution in [0.3, 0.4) is 0 Å². The lowest BCUT2D eigenvalue weighted by atomic mass is 9.75. The predicted octanol–water partition coefficient (Wildman–Crippen LogP) is 6.46. The van der Waals surface area contributed by atoms with Crippen LogP contribution in [0.1, 0.15) is 82.1 Å². The molecule has 1 heterocycles. The summed E-state index contributed by atoms with van der Waals surface area (Å²) in [5.74, 6) is -1.44. The van der Waals surface area contributed by atoms with Crippen LogP contribution in [0.25, 0.3) is 11.0 Å². The molecule has 1 unspecified atom stereocenters. The molecule has 2 aliphatic carbocycles. The number of halogens is 2. The topological polar surface area (TPSA) is 96.2 Å². The van der Waals surface area contributed by atoms with Crippen LogP contribution in [0, 0.1) is 11.8 Å². The highest BCUT2D eigenvalue weighted by Gasteiger charge is 2.42. The Bertz CT molecular complexity index is 1140. The maximum atomic E-state index is 14.1. The molecular formula is C28H46F2N4O2SSi. The number of benzene rings is 1. The van der Waals surface area contributed by atoms with E-state index >= 15 is 0 Å². The number of rotatable bonds is 12. The molecule has 2 aliphatic rings. The molecule has 0 spiro atoms. The Hall–Kier alpha value is -1.20. The second kappa shape index (κ2) is 11.3. The first-order chi connectivity index (χ1) is 17.7. The molecule has 0 aliphatic heterocycles. The average molecular weight is 569 g/mol. The molecule has 4 N–H and O–H groups in total. The predicted molar refractivity (Wildman–Crippen MR) is 154 cm³/mol. The minimum Gasteiger partial charge on any atom is -0.361 e. The van der Waals surface area contributed by atoms with Gasteiger partial charge in [0.25, 0.3) is 0 Å². The Kier molecular flexibility index (Phi) is 8.89. The zero-order valence-corrected chi connectivity index (χ0v) is 25.5. The van der Waals surface area contributed by atoms with Crippen molar-refractivity contribution in [2.45, 2.75) is 114 Å². The van der Waals surface area contributed by atoms with Gasteiger partial charge in [-0.3, -0.25) is 5.14 Å². The van der Waals surface area contributed by atoms with Crippen molar-refractivity contribution in [1.29, 1.82) is 0 Å². The molecule has 0 saturated heterocycles. The minimum absolute atomic E-state index is 0.00295. The third-order valence-corrected chi connectivity index (χ3v) is 11.4. The molecule has 6 nitrogen and oxygen atoms in total. The first kappa shape index (κ1) is 29.8. The van der Waals surface area contributed by atoms with Crippen LogP contribution in [-0.4, -0.2) is 39.1 Å². The van der Waals surface area contributed by atoms with E-state index in [9.17, 15) is 13.0 Å². The number of aromatic nitrogens is 2. The average Bonchev–Trinajstić information content (AvgIpc) is 3.61. The van der Waals surface area contributed by atoms with Gasteiger partial charge >= 0.3 is 0 Å². The number of hydrogen-bond acceptors (Lipinski definition) is 4. The van der Waals surface area contributed by atoms with Gasteiger partial charge in [-0.25, -0.2) is 18.0 Å². The highest BCUT2D eigenvalue weighted by Crippen LogP contribution is 2.46. The van der Waals surface area contributed by atoms with Gasteiger partial charge in [0.15, 0.2) is 0 Å². The molecule has 4 rings (SSSR count). The zero-order valence-electron chi connectivity index (χ0n) is 23.6. The fraction of sp³-hybridized carbons (Fsp3) is 0.750. The second-order valence-electron chi connectivity index (χ2n) is 13.4. The maximum Gasteiger partial charge on any atom is 0.248 e. The normalized spacial score (nSPS) is 21.5. The van der Waals surface area contributed by atoms with Crippen molar-refractivity contribution in [2.24, 2.45) is 22.7 Å². The molecule has 2 saturated carbocycles. The fourth-order valence-corrected chi connectivity index (χ4v) is 6.70. The summed E-state index contributed by atoms with van der Waals surface area (Å²) >= 11 is 0. The maximum absolute atomic E-state index is 14.1. The summed E-state index contributed by atoms with van der Waals surface area (Å²) < 4.78 is 48.4. The monoisotopic (exact) mass is 568 g/mol. The van der Waals surface area contributed by atoms with Crippen LogP contribution < -0.4 is 10.9 Å². The molecule has 38 heavy (non-hydrogen) atoms. The summed E-state index contributed by atoms with van der Waals surface area (Å²) in [6, 6.07) is 7.29. The van der Waals surface area contributed by atoms with E-state index in [2.05, 4.69) is 42.4 Å². The van der Waals surface area contributed by atoms with Crippen LogP contribution in [0.15, 0.2) is 18.2 Å². The lowest BCUT2D eigenvalue weighted by Gasteiger charge is -2.37. The van der Waals surface area contributed by atoms with E-state index < -0.39 is 29.7 Å². The molecular weight excluding hydrogens is 522 g/mol. The van der Waals surface area contributed by atoms with E-state index in [1.807, 2.05) is 13.8 Å². The van der Waals surface area contributed by atoms with Crippen LogP contribution in [-0.2, 0) is 22.5 Å². The number of alkyl halides is 2. The van der Waals surface area contributed by atoms with Crippen molar-refractivity contribution in [3.05, 3.63) is 29.6 Å². The summed E-state index contributed by atoms with van der Waals surface area (Å²) in [6.45, 7) is 11.7. The van der Waals surface area contributed by atoms with Gasteiger partial charge < -0.3 is 15.0 Å². The van der Waals surface area contributed by atoms with Gasteiger partial charge in [0.2, 0.25) is 5.92 Å². The van der Waals surface area contributed by atoms with Gasteiger partial charge in [0.05, 0.1) is 26.8 Å². The lowest BCUT2D eigenvalue weighted by molar-refractivity contribution is -0.0496. The number of imidazole rings is 1. The Morgan fingerprint density at radius 3 is 2.42 bits per heavy atom. The summed E-state index contributed by atoms with van der Waals surface area (Å²) in [7, 11) is -2.83. The van der Waals surface area contributed by atoms with Crippen molar-refractivity contribution >= 4 is 30.1 Å². The molecule has 2 fully saturated rings. The molecule has 1 aromatic carbocycles. The molecule has 10 heteroatoms. The van der Waals surface area contributed by atoms with Crippen LogP contribution in [0.2, 0.25) is 25.7 Å². The molecule has 1 aromatic heterocycles. The summed E-state index contributed by atoms with van der Waals surface area (Å²) in [5.41, 5.74) is 9.40. The molecule has 214 valence electrons. The number of nitrogens with zero attached hydrogens (tertiary/aromatic N) is 2. The number of nitrogens with two attached hydrogens (primary N) is 2. The van der Waals surface area contributed by atoms with Crippen molar-refractivity contribution in [1.82, 2.24) is 9.55 Å². The number of hydrogen-bond donors (Lipinski definition) is 2. The molecule has 3 atom stereocenters. The summed E-state index contributed by atoms with van der Waals surface area (Å²) in [6.07, 6.45) is 3.36. The highest BCUT2D eigenvalue weighted by atomic mass is 32.2. The summed E-state index contributed by atoms with van der Waals surface area (Å²) in [5, 5.41) is 5.90. The van der Waals surface area contributed by atoms with Crippen LogP contribution in [0.4, 0.5) is 8.78 Å². The number of fused-ring (bicyclic) bond motifs is 1. The van der Waals surface area contributed by atoms with Crippen molar-refractivity contribution in [2.75, 3.05) is 6.61 Å². The molecule has 0 amide bonds. The zero-order chi connectivity index (χ0) is 27.9. The Labute approximate surface area is 229 Å². The Balaban J connectivity index is 1.73. The second-order valence-corrected chi connectivity index (χ2v) is 20.7. The minimum atomic E-state index is -2.62. The SMILES string of the molecule is CC(C)(C[C@H](c1nc2cc([C@H](N)C3CC3)ccc2n1COCC[Si](C)(C)C)C1CCC(F)(F)CC1)S(N)=O. The van der Waals surface area contributed by atoms with Gasteiger partial charge in [-0.15, -0.1) is 0 Å². The lowest BCUT2D eigenvalue weighted by Crippen LogP contribution is -2.37. The first-order valence-electron chi connectivity index (χ1n) is 14.0. The molecule has 2 aromatic rings. The fourth-order valence-electron chi connectivity index (χ4n) is 5.60. The first-order valence-corrected chi connectivity index (χ1v) is 19.0. The van der Waals surface area contributed by atoms with Crippen LogP contribution in [0.5, 0.6) is 0 Å². The van der Waals surface area contributed by atoms with Crippen molar-refractivity contribution in [3.63, 3.8) is 0 Å². The van der Waals surface area contributed by atoms with Crippen molar-refractivity contribution in [3.8, 4) is 0 Å². The van der Waals surface area contributed by atoms with E-state index in [-0.39, 0.29) is 30.7 Å². The van der Waals surface area contributed by atoms with E-state index in [0.717, 1.165) is 41.3 Å². The van der Waals surface area contributed by atoms with Crippen molar-refractivity contribution < 1.29 is 17.7 Å². The Morgan fingerprint density at radius 1 is 1.18 bits per heavy atom. The van der Waals surface area contributed by atoms with Gasteiger partial charge in [0.1, 0.15) is 12.6 Å². The van der Waals surface area contributed by atoms with E-state index in [1.165, 1.54) is 0 Å².